The van der Waals surface area contributed by atoms with E-state index in [0.29, 0.717) is 12.0 Å². The van der Waals surface area contributed by atoms with Gasteiger partial charge in [0.2, 0.25) is 0 Å². The van der Waals surface area contributed by atoms with Gasteiger partial charge in [-0.1, -0.05) is 12.1 Å². The molecule has 1 aromatic carbocycles. The fourth-order valence-corrected chi connectivity index (χ4v) is 2.07. The third kappa shape index (κ3) is 2.97. The van der Waals surface area contributed by atoms with Crippen LogP contribution < -0.4 is 11.3 Å². The Bertz CT molecular complexity index is 552. The number of benzene rings is 1. The van der Waals surface area contributed by atoms with E-state index in [-0.39, 0.29) is 11.9 Å². The molecule has 0 amide bonds. The summed E-state index contributed by atoms with van der Waals surface area (Å²) in [6, 6.07) is 4.80. The largest absolute Gasteiger partial charge is 0.271 e. The Hall–Kier alpha value is -1.79. The predicted molar refractivity (Wildman–Crippen MR) is 70.6 cm³/mol. The number of aromatic nitrogens is 3. The van der Waals surface area contributed by atoms with Crippen molar-refractivity contribution in [1.29, 1.82) is 0 Å². The molecule has 3 N–H and O–H groups in total. The molecule has 1 heterocycles. The van der Waals surface area contributed by atoms with Crippen molar-refractivity contribution < 1.29 is 4.39 Å². The molecular formula is C13H18FN5. The van der Waals surface area contributed by atoms with Crippen molar-refractivity contribution in [2.45, 2.75) is 32.9 Å². The second kappa shape index (κ2) is 5.90. The highest BCUT2D eigenvalue weighted by Crippen LogP contribution is 2.20. The van der Waals surface area contributed by atoms with Gasteiger partial charge in [0.25, 0.3) is 0 Å². The topological polar surface area (TPSA) is 68.8 Å². The minimum Gasteiger partial charge on any atom is -0.271 e. The zero-order chi connectivity index (χ0) is 13.8. The van der Waals surface area contributed by atoms with Crippen molar-refractivity contribution in [2.24, 2.45) is 5.84 Å². The second-order valence-electron chi connectivity index (χ2n) is 4.44. The van der Waals surface area contributed by atoms with Crippen LogP contribution in [-0.4, -0.2) is 14.8 Å². The van der Waals surface area contributed by atoms with Gasteiger partial charge in [-0.2, -0.15) is 5.10 Å². The molecule has 0 spiro atoms. The lowest BCUT2D eigenvalue weighted by molar-refractivity contribution is 0.485. The quantitative estimate of drug-likeness (QED) is 0.633. The first-order valence-corrected chi connectivity index (χ1v) is 6.24. The number of hydrogen-bond acceptors (Lipinski definition) is 4. The van der Waals surface area contributed by atoms with Gasteiger partial charge in [0, 0.05) is 18.5 Å². The van der Waals surface area contributed by atoms with Crippen molar-refractivity contribution in [1.82, 2.24) is 20.2 Å². The van der Waals surface area contributed by atoms with E-state index in [0.717, 1.165) is 17.9 Å². The molecule has 0 saturated heterocycles. The van der Waals surface area contributed by atoms with E-state index in [9.17, 15) is 4.39 Å². The fourth-order valence-electron chi connectivity index (χ4n) is 2.07. The van der Waals surface area contributed by atoms with Crippen LogP contribution in [0.3, 0.4) is 0 Å². The minimum absolute atomic E-state index is 0.259. The van der Waals surface area contributed by atoms with Gasteiger partial charge in [-0.25, -0.2) is 9.37 Å². The van der Waals surface area contributed by atoms with E-state index in [4.69, 9.17) is 5.84 Å². The summed E-state index contributed by atoms with van der Waals surface area (Å²) in [5.74, 6) is 6.07. The van der Waals surface area contributed by atoms with Crippen LogP contribution in [0.5, 0.6) is 0 Å². The van der Waals surface area contributed by atoms with Crippen LogP contribution >= 0.6 is 0 Å². The molecule has 0 bridgehead atoms. The van der Waals surface area contributed by atoms with Crippen LogP contribution in [0.4, 0.5) is 4.39 Å². The first-order valence-electron chi connectivity index (χ1n) is 6.24. The molecule has 0 aliphatic heterocycles. The normalized spacial score (nSPS) is 12.6. The van der Waals surface area contributed by atoms with E-state index < -0.39 is 0 Å². The van der Waals surface area contributed by atoms with Gasteiger partial charge in [0.05, 0.1) is 6.04 Å². The monoisotopic (exact) mass is 263 g/mol. The van der Waals surface area contributed by atoms with E-state index in [1.807, 2.05) is 19.9 Å². The lowest BCUT2D eigenvalue weighted by Crippen LogP contribution is -2.31. The van der Waals surface area contributed by atoms with Crippen LogP contribution in [0.15, 0.2) is 24.5 Å². The van der Waals surface area contributed by atoms with Gasteiger partial charge < -0.3 is 0 Å². The number of aryl methyl sites for hydroxylation is 2. The van der Waals surface area contributed by atoms with Gasteiger partial charge in [0.15, 0.2) is 0 Å². The van der Waals surface area contributed by atoms with Crippen LogP contribution in [0.1, 0.15) is 29.9 Å². The fraction of sp³-hybridized carbons (Fsp3) is 0.385. The molecule has 0 radical (unpaired) electrons. The Morgan fingerprint density at radius 2 is 2.26 bits per heavy atom. The summed E-state index contributed by atoms with van der Waals surface area (Å²) in [6.07, 6.45) is 1.99. The van der Waals surface area contributed by atoms with Crippen molar-refractivity contribution in [3.05, 3.63) is 47.3 Å². The third-order valence-electron chi connectivity index (χ3n) is 3.11. The SMILES string of the molecule is CCn1ncnc1CC(NN)c1ccc(C)cc1F. The Labute approximate surface area is 111 Å². The Balaban J connectivity index is 2.25. The highest BCUT2D eigenvalue weighted by atomic mass is 19.1. The highest BCUT2D eigenvalue weighted by Gasteiger charge is 2.17. The molecule has 0 aliphatic carbocycles. The summed E-state index contributed by atoms with van der Waals surface area (Å²) in [7, 11) is 0. The summed E-state index contributed by atoms with van der Waals surface area (Å²) in [4.78, 5) is 4.18. The molecule has 0 fully saturated rings. The van der Waals surface area contributed by atoms with Crippen LogP contribution in [0, 0.1) is 12.7 Å². The summed E-state index contributed by atoms with van der Waals surface area (Å²) in [5.41, 5.74) is 4.07. The minimum atomic E-state index is -0.324. The molecule has 5 nitrogen and oxygen atoms in total. The molecule has 2 rings (SSSR count). The Kier molecular flexibility index (Phi) is 4.24. The summed E-state index contributed by atoms with van der Waals surface area (Å²) in [6.45, 7) is 4.56. The molecule has 19 heavy (non-hydrogen) atoms. The van der Waals surface area contributed by atoms with Crippen molar-refractivity contribution >= 4 is 0 Å². The third-order valence-corrected chi connectivity index (χ3v) is 3.11. The lowest BCUT2D eigenvalue weighted by Gasteiger charge is -2.17. The molecule has 1 atom stereocenters. The van der Waals surface area contributed by atoms with Gasteiger partial charge in [0.1, 0.15) is 18.0 Å². The smallest absolute Gasteiger partial charge is 0.138 e. The number of nitrogens with one attached hydrogen (secondary N) is 1. The lowest BCUT2D eigenvalue weighted by atomic mass is 10.0. The van der Waals surface area contributed by atoms with Gasteiger partial charge in [-0.3, -0.25) is 16.0 Å². The maximum absolute atomic E-state index is 14.0. The average molecular weight is 263 g/mol. The van der Waals surface area contributed by atoms with Crippen LogP contribution in [-0.2, 0) is 13.0 Å². The number of nitrogens with zero attached hydrogens (tertiary/aromatic N) is 3. The molecule has 102 valence electrons. The van der Waals surface area contributed by atoms with Crippen LogP contribution in [0.2, 0.25) is 0 Å². The van der Waals surface area contributed by atoms with Crippen molar-refractivity contribution in [2.75, 3.05) is 0 Å². The average Bonchev–Trinajstić information content (AvgIpc) is 2.84. The molecule has 6 heteroatoms. The highest BCUT2D eigenvalue weighted by molar-refractivity contribution is 5.26. The molecule has 0 aliphatic rings. The van der Waals surface area contributed by atoms with Crippen LogP contribution in [0.25, 0.3) is 0 Å². The zero-order valence-electron chi connectivity index (χ0n) is 11.1. The second-order valence-corrected chi connectivity index (χ2v) is 4.44. The standard InChI is InChI=1S/C13H18FN5/c1-3-19-13(16-8-17-19)7-12(18-15)10-5-4-9(2)6-11(10)14/h4-6,8,12,18H,3,7,15H2,1-2H3. The molecule has 1 unspecified atom stereocenters. The van der Waals surface area contributed by atoms with Crippen molar-refractivity contribution in [3.8, 4) is 0 Å². The zero-order valence-corrected chi connectivity index (χ0v) is 11.1. The summed E-state index contributed by atoms with van der Waals surface area (Å²) < 4.78 is 15.7. The first kappa shape index (κ1) is 13.6. The molecule has 1 aromatic heterocycles. The number of nitrogens with two attached hydrogens (primary N) is 1. The maximum Gasteiger partial charge on any atom is 0.138 e. The Morgan fingerprint density at radius 3 is 2.89 bits per heavy atom. The Morgan fingerprint density at radius 1 is 1.47 bits per heavy atom. The first-order chi connectivity index (χ1) is 9.15. The predicted octanol–water partition coefficient (Wildman–Crippen LogP) is 1.49. The van der Waals surface area contributed by atoms with Gasteiger partial charge in [-0.05, 0) is 25.5 Å². The maximum atomic E-state index is 14.0. The number of hydrazine groups is 1. The van der Waals surface area contributed by atoms with E-state index >= 15 is 0 Å². The van der Waals surface area contributed by atoms with Crippen molar-refractivity contribution in [3.63, 3.8) is 0 Å². The summed E-state index contributed by atoms with van der Waals surface area (Å²) >= 11 is 0. The number of hydrogen-bond donors (Lipinski definition) is 2. The number of halogens is 1. The molecule has 0 saturated carbocycles. The van der Waals surface area contributed by atoms with E-state index in [1.54, 1.807) is 10.7 Å². The van der Waals surface area contributed by atoms with Gasteiger partial charge in [-0.15, -0.1) is 0 Å². The number of rotatable bonds is 5. The van der Waals surface area contributed by atoms with Gasteiger partial charge >= 0.3 is 0 Å². The molecular weight excluding hydrogens is 245 g/mol. The summed E-state index contributed by atoms with van der Waals surface area (Å²) in [5, 5.41) is 4.10. The molecule has 2 aromatic rings. The van der Waals surface area contributed by atoms with E-state index in [2.05, 4.69) is 15.5 Å². The van der Waals surface area contributed by atoms with E-state index in [1.165, 1.54) is 12.4 Å².